The van der Waals surface area contributed by atoms with Gasteiger partial charge in [-0.05, 0) is 31.4 Å². The van der Waals surface area contributed by atoms with Crippen LogP contribution in [0, 0.1) is 12.8 Å². The summed E-state index contributed by atoms with van der Waals surface area (Å²) in [5.74, 6) is -0.0798. The first kappa shape index (κ1) is 15.7. The fourth-order valence-electron chi connectivity index (χ4n) is 1.92. The van der Waals surface area contributed by atoms with Gasteiger partial charge >= 0.3 is 5.97 Å². The molecule has 0 aliphatic carbocycles. The molecule has 106 valence electrons. The van der Waals surface area contributed by atoms with Gasteiger partial charge in [-0.1, -0.05) is 43.7 Å². The molecule has 0 spiro atoms. The number of hydrogen-bond acceptors (Lipinski definition) is 2. The lowest BCUT2D eigenvalue weighted by Gasteiger charge is -2.22. The zero-order valence-electron chi connectivity index (χ0n) is 12.2. The minimum Gasteiger partial charge on any atom is -0.481 e. The van der Waals surface area contributed by atoms with Gasteiger partial charge in [-0.25, -0.2) is 0 Å². The van der Waals surface area contributed by atoms with Crippen LogP contribution >= 0.6 is 0 Å². The quantitative estimate of drug-likeness (QED) is 0.782. The molecule has 19 heavy (non-hydrogen) atoms. The van der Waals surface area contributed by atoms with E-state index in [0.717, 1.165) is 19.5 Å². The van der Waals surface area contributed by atoms with Crippen molar-refractivity contribution < 1.29 is 9.90 Å². The lowest BCUT2D eigenvalue weighted by Crippen LogP contribution is -2.28. The van der Waals surface area contributed by atoms with Gasteiger partial charge < -0.3 is 5.11 Å². The van der Waals surface area contributed by atoms with Gasteiger partial charge in [-0.3, -0.25) is 9.69 Å². The van der Waals surface area contributed by atoms with Crippen molar-refractivity contribution in [2.45, 2.75) is 40.2 Å². The molecule has 0 aliphatic heterocycles. The van der Waals surface area contributed by atoms with Gasteiger partial charge in [0, 0.05) is 13.1 Å². The molecule has 0 aliphatic rings. The van der Waals surface area contributed by atoms with Crippen molar-refractivity contribution in [1.29, 1.82) is 0 Å². The molecule has 1 N–H and O–H groups in total. The Labute approximate surface area is 116 Å². The molecule has 0 saturated carbocycles. The highest BCUT2D eigenvalue weighted by Crippen LogP contribution is 2.10. The molecule has 0 aromatic heterocycles. The first-order valence-electron chi connectivity index (χ1n) is 6.97. The van der Waals surface area contributed by atoms with E-state index in [4.69, 9.17) is 5.11 Å². The lowest BCUT2D eigenvalue weighted by atomic mass is 10.1. The average molecular weight is 263 g/mol. The van der Waals surface area contributed by atoms with Crippen LogP contribution in [0.2, 0.25) is 0 Å². The zero-order chi connectivity index (χ0) is 14.3. The molecule has 0 saturated heterocycles. The summed E-state index contributed by atoms with van der Waals surface area (Å²) in [6.07, 6.45) is 1.31. The Balaban J connectivity index is 2.56. The van der Waals surface area contributed by atoms with Gasteiger partial charge in [0.15, 0.2) is 0 Å². The van der Waals surface area contributed by atoms with Crippen molar-refractivity contribution in [1.82, 2.24) is 4.90 Å². The molecule has 1 aromatic rings. The molecule has 0 heterocycles. The van der Waals surface area contributed by atoms with Crippen LogP contribution in [0.4, 0.5) is 0 Å². The van der Waals surface area contributed by atoms with Crippen LogP contribution in [0.15, 0.2) is 24.3 Å². The summed E-state index contributed by atoms with van der Waals surface area (Å²) in [5, 5.41) is 8.82. The van der Waals surface area contributed by atoms with Gasteiger partial charge in [0.2, 0.25) is 0 Å². The molecule has 1 aromatic carbocycles. The fourth-order valence-corrected chi connectivity index (χ4v) is 1.92. The minimum atomic E-state index is -0.724. The third-order valence-corrected chi connectivity index (χ3v) is 3.19. The first-order chi connectivity index (χ1) is 8.97. The van der Waals surface area contributed by atoms with Crippen molar-refractivity contribution in [3.8, 4) is 0 Å². The molecular weight excluding hydrogens is 238 g/mol. The van der Waals surface area contributed by atoms with Crippen LogP contribution in [0.5, 0.6) is 0 Å². The standard InChI is InChI=1S/C16H25NO2/c1-13(2)8-10-17(11-9-16(18)19)12-15-6-4-14(3)5-7-15/h4-7,13H,8-12H2,1-3H3,(H,18,19). The molecule has 3 heteroatoms. The Morgan fingerprint density at radius 3 is 2.37 bits per heavy atom. The summed E-state index contributed by atoms with van der Waals surface area (Å²) in [6, 6.07) is 8.46. The van der Waals surface area contributed by atoms with Gasteiger partial charge in [0.05, 0.1) is 6.42 Å². The monoisotopic (exact) mass is 263 g/mol. The maximum atomic E-state index is 10.7. The highest BCUT2D eigenvalue weighted by molar-refractivity contribution is 5.66. The van der Waals surface area contributed by atoms with Gasteiger partial charge in [-0.2, -0.15) is 0 Å². The van der Waals surface area contributed by atoms with E-state index in [9.17, 15) is 4.79 Å². The van der Waals surface area contributed by atoms with E-state index in [1.807, 2.05) is 0 Å². The molecule has 0 radical (unpaired) electrons. The van der Waals surface area contributed by atoms with Gasteiger partial charge in [-0.15, -0.1) is 0 Å². The maximum absolute atomic E-state index is 10.7. The summed E-state index contributed by atoms with van der Waals surface area (Å²) >= 11 is 0. The normalized spacial score (nSPS) is 11.2. The predicted octanol–water partition coefficient (Wildman–Crippen LogP) is 3.32. The fraction of sp³-hybridized carbons (Fsp3) is 0.562. The molecule has 3 nitrogen and oxygen atoms in total. The van der Waals surface area contributed by atoms with E-state index in [0.29, 0.717) is 12.5 Å². The number of carbonyl (C=O) groups is 1. The highest BCUT2D eigenvalue weighted by atomic mass is 16.4. The SMILES string of the molecule is Cc1ccc(CN(CCC(=O)O)CCC(C)C)cc1. The summed E-state index contributed by atoms with van der Waals surface area (Å²) in [5.41, 5.74) is 2.50. The van der Waals surface area contributed by atoms with Crippen molar-refractivity contribution in [3.05, 3.63) is 35.4 Å². The Hall–Kier alpha value is -1.35. The lowest BCUT2D eigenvalue weighted by molar-refractivity contribution is -0.137. The smallest absolute Gasteiger partial charge is 0.304 e. The van der Waals surface area contributed by atoms with E-state index >= 15 is 0 Å². The second kappa shape index (κ2) is 7.95. The van der Waals surface area contributed by atoms with Crippen molar-refractivity contribution >= 4 is 5.97 Å². The van der Waals surface area contributed by atoms with Gasteiger partial charge in [0.1, 0.15) is 0 Å². The molecular formula is C16H25NO2. The Bertz CT molecular complexity index is 384. The van der Waals surface area contributed by atoms with E-state index in [-0.39, 0.29) is 6.42 Å². The van der Waals surface area contributed by atoms with Crippen LogP contribution in [0.1, 0.15) is 37.8 Å². The Morgan fingerprint density at radius 2 is 1.84 bits per heavy atom. The molecule has 0 unspecified atom stereocenters. The number of carboxylic acids is 1. The molecule has 0 bridgehead atoms. The van der Waals surface area contributed by atoms with Crippen molar-refractivity contribution in [2.24, 2.45) is 5.92 Å². The number of rotatable bonds is 8. The first-order valence-corrected chi connectivity index (χ1v) is 6.97. The number of carboxylic acid groups (broad SMARTS) is 1. The summed E-state index contributed by atoms with van der Waals surface area (Å²) in [6.45, 7) is 8.88. The predicted molar refractivity (Wildman–Crippen MR) is 78.2 cm³/mol. The molecule has 1 rings (SSSR count). The number of hydrogen-bond donors (Lipinski definition) is 1. The second-order valence-electron chi connectivity index (χ2n) is 5.59. The van der Waals surface area contributed by atoms with Crippen molar-refractivity contribution in [3.63, 3.8) is 0 Å². The average Bonchev–Trinajstić information content (AvgIpc) is 2.35. The third kappa shape index (κ3) is 6.97. The molecule has 0 fully saturated rings. The molecule has 0 atom stereocenters. The van der Waals surface area contributed by atoms with Crippen LogP contribution < -0.4 is 0 Å². The second-order valence-corrected chi connectivity index (χ2v) is 5.59. The van der Waals surface area contributed by atoms with E-state index in [2.05, 4.69) is 49.9 Å². The van der Waals surface area contributed by atoms with Gasteiger partial charge in [0.25, 0.3) is 0 Å². The van der Waals surface area contributed by atoms with Crippen LogP contribution in [-0.2, 0) is 11.3 Å². The van der Waals surface area contributed by atoms with Crippen molar-refractivity contribution in [2.75, 3.05) is 13.1 Å². The van der Waals surface area contributed by atoms with E-state index in [1.165, 1.54) is 11.1 Å². The topological polar surface area (TPSA) is 40.5 Å². The summed E-state index contributed by atoms with van der Waals surface area (Å²) < 4.78 is 0. The van der Waals surface area contributed by atoms with Crippen LogP contribution in [0.3, 0.4) is 0 Å². The number of aryl methyl sites for hydroxylation is 1. The van der Waals surface area contributed by atoms with E-state index in [1.54, 1.807) is 0 Å². The largest absolute Gasteiger partial charge is 0.481 e. The third-order valence-electron chi connectivity index (χ3n) is 3.19. The van der Waals surface area contributed by atoms with Crippen LogP contribution in [-0.4, -0.2) is 29.1 Å². The van der Waals surface area contributed by atoms with Crippen LogP contribution in [0.25, 0.3) is 0 Å². The summed E-state index contributed by atoms with van der Waals surface area (Å²) in [4.78, 5) is 12.9. The maximum Gasteiger partial charge on any atom is 0.304 e. The minimum absolute atomic E-state index is 0.212. The molecule has 0 amide bonds. The number of benzene rings is 1. The number of aliphatic carboxylic acids is 1. The highest BCUT2D eigenvalue weighted by Gasteiger charge is 2.09. The summed E-state index contributed by atoms with van der Waals surface area (Å²) in [7, 11) is 0. The number of nitrogens with zero attached hydrogens (tertiary/aromatic N) is 1. The Kier molecular flexibility index (Phi) is 6.57. The van der Waals surface area contributed by atoms with E-state index < -0.39 is 5.97 Å². The Morgan fingerprint density at radius 1 is 1.21 bits per heavy atom. The zero-order valence-corrected chi connectivity index (χ0v) is 12.2.